The van der Waals surface area contributed by atoms with Crippen molar-refractivity contribution < 1.29 is 14.3 Å². The fourth-order valence-corrected chi connectivity index (χ4v) is 8.04. The topological polar surface area (TPSA) is 55.4 Å². The molecule has 4 aliphatic carbocycles. The van der Waals surface area contributed by atoms with E-state index < -0.39 is 11.5 Å². The first-order valence-corrected chi connectivity index (χ1v) is 12.4. The van der Waals surface area contributed by atoms with Crippen LogP contribution < -0.4 is 5.32 Å². The molecule has 168 valence electrons. The molecule has 4 fully saturated rings. The molecule has 0 saturated heterocycles. The summed E-state index contributed by atoms with van der Waals surface area (Å²) in [7, 11) is 0. The van der Waals surface area contributed by atoms with Crippen LogP contribution in [0.1, 0.15) is 61.3 Å². The van der Waals surface area contributed by atoms with E-state index >= 15 is 0 Å². The molecule has 3 atom stereocenters. The van der Waals surface area contributed by atoms with Gasteiger partial charge in [-0.1, -0.05) is 58.4 Å². The third kappa shape index (κ3) is 4.00. The molecule has 4 saturated carbocycles. The average Bonchev–Trinajstić information content (AvgIpc) is 2.73. The average molecular weight is 496 g/mol. The molecule has 0 spiro atoms. The minimum atomic E-state index is -0.970. The number of hydrogen-bond donors (Lipinski definition) is 1. The van der Waals surface area contributed by atoms with E-state index in [-0.39, 0.29) is 16.2 Å². The third-order valence-electron chi connectivity index (χ3n) is 7.64. The number of anilines is 1. The summed E-state index contributed by atoms with van der Waals surface area (Å²) in [5.41, 5.74) is 3.02. The SMILES string of the molecule is Cc1ccc(C)c(NC(=O)[C@@H](OC(=O)C23C[C@H]4C[C@@H](CC(Br)(C4)C2)C3)c2ccccc2)c1. The van der Waals surface area contributed by atoms with Crippen molar-refractivity contribution in [3.8, 4) is 0 Å². The Bertz CT molecular complexity index is 1040. The summed E-state index contributed by atoms with van der Waals surface area (Å²) in [5, 5.41) is 3.01. The van der Waals surface area contributed by atoms with Gasteiger partial charge in [0.25, 0.3) is 5.91 Å². The van der Waals surface area contributed by atoms with Crippen LogP contribution in [-0.2, 0) is 14.3 Å². The van der Waals surface area contributed by atoms with Gasteiger partial charge in [0.2, 0.25) is 6.10 Å². The standard InChI is InChI=1S/C27H30BrNO3/c1-17-8-9-18(2)22(10-17)29-24(30)23(21-6-4-3-5-7-21)32-25(31)26-12-19-11-20(13-26)15-27(28,14-19)16-26/h3-10,19-20,23H,11-16H2,1-2H3,(H,29,30)/t19-,20-,23+,26?,27?/m1/s1. The van der Waals surface area contributed by atoms with Crippen molar-refractivity contribution >= 4 is 33.5 Å². The highest BCUT2D eigenvalue weighted by Gasteiger charge is 2.61. The number of esters is 1. The highest BCUT2D eigenvalue weighted by atomic mass is 79.9. The highest BCUT2D eigenvalue weighted by molar-refractivity contribution is 9.10. The van der Waals surface area contributed by atoms with Gasteiger partial charge in [-0.15, -0.1) is 0 Å². The van der Waals surface area contributed by atoms with Gasteiger partial charge in [-0.05, 0) is 81.4 Å². The zero-order valence-corrected chi connectivity index (χ0v) is 20.3. The molecule has 4 nitrogen and oxygen atoms in total. The second-order valence-corrected chi connectivity index (χ2v) is 12.1. The van der Waals surface area contributed by atoms with Crippen LogP contribution in [0.4, 0.5) is 5.69 Å². The summed E-state index contributed by atoms with van der Waals surface area (Å²) in [5.74, 6) is 0.626. The molecule has 4 bridgehead atoms. The van der Waals surface area contributed by atoms with Gasteiger partial charge in [-0.3, -0.25) is 9.59 Å². The summed E-state index contributed by atoms with van der Waals surface area (Å²) >= 11 is 3.97. The zero-order valence-electron chi connectivity index (χ0n) is 18.7. The molecule has 6 rings (SSSR count). The lowest BCUT2D eigenvalue weighted by Gasteiger charge is -2.58. The van der Waals surface area contributed by atoms with Gasteiger partial charge in [0.15, 0.2) is 0 Å². The van der Waals surface area contributed by atoms with Crippen LogP contribution in [0.5, 0.6) is 0 Å². The van der Waals surface area contributed by atoms with Crippen molar-refractivity contribution in [1.29, 1.82) is 0 Å². The number of amides is 1. The Morgan fingerprint density at radius 1 is 1.03 bits per heavy atom. The number of aryl methyl sites for hydroxylation is 2. The van der Waals surface area contributed by atoms with E-state index in [0.29, 0.717) is 17.4 Å². The molecule has 1 amide bonds. The number of carbonyl (C=O) groups excluding carboxylic acids is 2. The lowest BCUT2D eigenvalue weighted by atomic mass is 9.49. The first-order chi connectivity index (χ1) is 15.3. The van der Waals surface area contributed by atoms with E-state index in [1.54, 1.807) is 0 Å². The quantitative estimate of drug-likeness (QED) is 0.393. The van der Waals surface area contributed by atoms with Gasteiger partial charge in [-0.25, -0.2) is 0 Å². The summed E-state index contributed by atoms with van der Waals surface area (Å²) in [6.07, 6.45) is 5.12. The zero-order chi connectivity index (χ0) is 22.5. The van der Waals surface area contributed by atoms with Crippen LogP contribution in [0.15, 0.2) is 48.5 Å². The fourth-order valence-electron chi connectivity index (χ4n) is 6.59. The second kappa shape index (κ2) is 8.02. The number of nitrogens with one attached hydrogen (secondary N) is 1. The number of rotatable bonds is 5. The van der Waals surface area contributed by atoms with Crippen molar-refractivity contribution in [2.45, 2.75) is 62.8 Å². The van der Waals surface area contributed by atoms with Crippen LogP contribution >= 0.6 is 15.9 Å². The van der Waals surface area contributed by atoms with Gasteiger partial charge in [0.05, 0.1) is 5.41 Å². The van der Waals surface area contributed by atoms with E-state index in [4.69, 9.17) is 4.74 Å². The number of ether oxygens (including phenoxy) is 1. The number of hydrogen-bond acceptors (Lipinski definition) is 3. The van der Waals surface area contributed by atoms with Crippen molar-refractivity contribution in [1.82, 2.24) is 0 Å². The predicted molar refractivity (Wildman–Crippen MR) is 129 cm³/mol. The largest absolute Gasteiger partial charge is 0.447 e. The van der Waals surface area contributed by atoms with Gasteiger partial charge >= 0.3 is 5.97 Å². The van der Waals surface area contributed by atoms with Crippen molar-refractivity contribution in [2.24, 2.45) is 17.3 Å². The van der Waals surface area contributed by atoms with Crippen LogP contribution in [0.3, 0.4) is 0 Å². The van der Waals surface area contributed by atoms with Crippen molar-refractivity contribution in [2.75, 3.05) is 5.32 Å². The molecule has 0 aromatic heterocycles. The molecule has 32 heavy (non-hydrogen) atoms. The minimum Gasteiger partial charge on any atom is -0.447 e. The predicted octanol–water partition coefficient (Wildman–Crippen LogP) is 6.26. The molecular formula is C27H30BrNO3. The van der Waals surface area contributed by atoms with Gasteiger partial charge in [-0.2, -0.15) is 0 Å². The molecule has 1 N–H and O–H groups in total. The maximum atomic E-state index is 13.7. The first-order valence-electron chi connectivity index (χ1n) is 11.6. The van der Waals surface area contributed by atoms with Gasteiger partial charge in [0.1, 0.15) is 0 Å². The van der Waals surface area contributed by atoms with Gasteiger partial charge < -0.3 is 10.1 Å². The molecule has 0 heterocycles. The Kier molecular flexibility index (Phi) is 5.43. The van der Waals surface area contributed by atoms with Crippen LogP contribution in [-0.4, -0.2) is 16.2 Å². The van der Waals surface area contributed by atoms with Crippen LogP contribution in [0.2, 0.25) is 0 Å². The van der Waals surface area contributed by atoms with Crippen molar-refractivity contribution in [3.05, 3.63) is 65.2 Å². The van der Waals surface area contributed by atoms with Gasteiger partial charge in [0, 0.05) is 15.6 Å². The Morgan fingerprint density at radius 2 is 1.72 bits per heavy atom. The normalized spacial score (nSPS) is 31.2. The monoisotopic (exact) mass is 495 g/mol. The Morgan fingerprint density at radius 3 is 2.38 bits per heavy atom. The molecular weight excluding hydrogens is 466 g/mol. The van der Waals surface area contributed by atoms with E-state index in [9.17, 15) is 9.59 Å². The molecule has 0 unspecified atom stereocenters. The van der Waals surface area contributed by atoms with E-state index in [1.807, 2.05) is 62.4 Å². The number of halogens is 1. The molecule has 5 heteroatoms. The summed E-state index contributed by atoms with van der Waals surface area (Å²) in [6.45, 7) is 3.95. The maximum Gasteiger partial charge on any atom is 0.313 e. The molecule has 4 aliphatic rings. The summed E-state index contributed by atoms with van der Waals surface area (Å²) < 4.78 is 6.15. The third-order valence-corrected chi connectivity index (χ3v) is 8.57. The lowest BCUT2D eigenvalue weighted by Crippen LogP contribution is -2.56. The summed E-state index contributed by atoms with van der Waals surface area (Å²) in [6, 6.07) is 15.3. The van der Waals surface area contributed by atoms with E-state index in [1.165, 1.54) is 6.42 Å². The number of alkyl halides is 1. The molecule has 2 aromatic rings. The number of carbonyl (C=O) groups is 2. The van der Waals surface area contributed by atoms with Crippen LogP contribution in [0.25, 0.3) is 0 Å². The number of benzene rings is 2. The van der Waals surface area contributed by atoms with Crippen molar-refractivity contribution in [3.63, 3.8) is 0 Å². The smallest absolute Gasteiger partial charge is 0.313 e. The summed E-state index contributed by atoms with van der Waals surface area (Å²) in [4.78, 5) is 27.1. The Labute approximate surface area is 198 Å². The molecule has 0 aliphatic heterocycles. The van der Waals surface area contributed by atoms with E-state index in [0.717, 1.165) is 48.9 Å². The Hall–Kier alpha value is -2.14. The van der Waals surface area contributed by atoms with E-state index in [2.05, 4.69) is 21.2 Å². The first kappa shape index (κ1) is 21.7. The minimum absolute atomic E-state index is 0.0548. The maximum absolute atomic E-state index is 13.7. The molecule has 0 radical (unpaired) electrons. The molecule has 2 aromatic carbocycles. The Balaban J connectivity index is 1.41. The lowest BCUT2D eigenvalue weighted by molar-refractivity contribution is -0.177. The fraction of sp³-hybridized carbons (Fsp3) is 0.481. The second-order valence-electron chi connectivity index (χ2n) is 10.4. The highest BCUT2D eigenvalue weighted by Crippen LogP contribution is 2.64. The van der Waals surface area contributed by atoms with Crippen LogP contribution in [0, 0.1) is 31.1 Å².